The number of rotatable bonds is 4. The second-order valence-electron chi connectivity index (χ2n) is 7.13. The standard InChI is InChI=1S/C18H26N4O3/c1-13-7-8-14(20(13)2)11-19-15(23)12-22-16(24)18(21(3)17(22)25)9-5-4-6-10-18/h7-8H,4-6,9-12H2,1-3H3,(H,19,23). The van der Waals surface area contributed by atoms with Crippen molar-refractivity contribution in [3.05, 3.63) is 23.5 Å². The highest BCUT2D eigenvalue weighted by Crippen LogP contribution is 2.39. The van der Waals surface area contributed by atoms with E-state index >= 15 is 0 Å². The third-order valence-corrected chi connectivity index (χ3v) is 5.73. The lowest BCUT2D eigenvalue weighted by atomic mass is 9.81. The molecule has 2 fully saturated rings. The van der Waals surface area contributed by atoms with Crippen molar-refractivity contribution in [1.29, 1.82) is 0 Å². The molecule has 7 heteroatoms. The topological polar surface area (TPSA) is 74.7 Å². The van der Waals surface area contributed by atoms with E-state index in [2.05, 4.69) is 5.32 Å². The van der Waals surface area contributed by atoms with Crippen molar-refractivity contribution in [3.8, 4) is 0 Å². The number of hydrogen-bond donors (Lipinski definition) is 1. The number of nitrogens with one attached hydrogen (secondary N) is 1. The van der Waals surface area contributed by atoms with Gasteiger partial charge in [-0.15, -0.1) is 0 Å². The van der Waals surface area contributed by atoms with Gasteiger partial charge in [0.25, 0.3) is 5.91 Å². The van der Waals surface area contributed by atoms with Gasteiger partial charge >= 0.3 is 6.03 Å². The van der Waals surface area contributed by atoms with Gasteiger partial charge in [0, 0.05) is 25.5 Å². The molecule has 1 aliphatic heterocycles. The highest BCUT2D eigenvalue weighted by Gasteiger charge is 2.55. The lowest BCUT2D eigenvalue weighted by Crippen LogP contribution is -2.49. The van der Waals surface area contributed by atoms with Crippen LogP contribution in [-0.4, -0.2) is 51.3 Å². The molecule has 0 unspecified atom stereocenters. The number of imide groups is 1. The first-order chi connectivity index (χ1) is 11.9. The summed E-state index contributed by atoms with van der Waals surface area (Å²) >= 11 is 0. The number of urea groups is 1. The molecule has 25 heavy (non-hydrogen) atoms. The summed E-state index contributed by atoms with van der Waals surface area (Å²) in [6, 6.07) is 3.57. The number of aryl methyl sites for hydroxylation is 1. The van der Waals surface area contributed by atoms with Gasteiger partial charge in [-0.2, -0.15) is 0 Å². The molecule has 1 aromatic heterocycles. The first kappa shape index (κ1) is 17.5. The van der Waals surface area contributed by atoms with Crippen molar-refractivity contribution in [2.24, 2.45) is 7.05 Å². The second kappa shape index (κ2) is 6.54. The molecule has 1 spiro atoms. The molecule has 0 bridgehead atoms. The van der Waals surface area contributed by atoms with Gasteiger partial charge in [0.15, 0.2) is 0 Å². The Labute approximate surface area is 148 Å². The lowest BCUT2D eigenvalue weighted by molar-refractivity contribution is -0.137. The molecule has 136 valence electrons. The zero-order valence-electron chi connectivity index (χ0n) is 15.2. The Bertz CT molecular complexity index is 703. The average Bonchev–Trinajstić information content (AvgIpc) is 3.01. The Kier molecular flexibility index (Phi) is 4.58. The smallest absolute Gasteiger partial charge is 0.327 e. The average molecular weight is 346 g/mol. The van der Waals surface area contributed by atoms with Gasteiger partial charge in [0.1, 0.15) is 12.1 Å². The fraction of sp³-hybridized carbons (Fsp3) is 0.611. The van der Waals surface area contributed by atoms with E-state index in [1.165, 1.54) is 0 Å². The minimum Gasteiger partial charge on any atom is -0.350 e. The predicted molar refractivity (Wildman–Crippen MR) is 92.7 cm³/mol. The lowest BCUT2D eigenvalue weighted by Gasteiger charge is -2.35. The van der Waals surface area contributed by atoms with E-state index in [4.69, 9.17) is 0 Å². The molecular formula is C18H26N4O3. The molecule has 3 rings (SSSR count). The molecule has 0 atom stereocenters. The molecule has 1 saturated carbocycles. The maximum Gasteiger partial charge on any atom is 0.327 e. The van der Waals surface area contributed by atoms with E-state index in [0.717, 1.165) is 35.6 Å². The number of hydrogen-bond acceptors (Lipinski definition) is 3. The number of amides is 4. The van der Waals surface area contributed by atoms with E-state index in [-0.39, 0.29) is 24.4 Å². The summed E-state index contributed by atoms with van der Waals surface area (Å²) in [6.45, 7) is 2.15. The van der Waals surface area contributed by atoms with E-state index in [9.17, 15) is 14.4 Å². The minimum absolute atomic E-state index is 0.215. The van der Waals surface area contributed by atoms with Crippen LogP contribution < -0.4 is 5.32 Å². The zero-order valence-corrected chi connectivity index (χ0v) is 15.2. The summed E-state index contributed by atoms with van der Waals surface area (Å²) in [5, 5.41) is 2.80. The molecule has 2 aliphatic rings. The largest absolute Gasteiger partial charge is 0.350 e. The first-order valence-electron chi connectivity index (χ1n) is 8.84. The highest BCUT2D eigenvalue weighted by atomic mass is 16.2. The van der Waals surface area contributed by atoms with E-state index < -0.39 is 5.54 Å². The van der Waals surface area contributed by atoms with Crippen LogP contribution in [0.25, 0.3) is 0 Å². The molecular weight excluding hydrogens is 320 g/mol. The predicted octanol–water partition coefficient (Wildman–Crippen LogP) is 1.55. The number of likely N-dealkylation sites (N-methyl/N-ethyl adjacent to an activating group) is 1. The molecule has 2 heterocycles. The summed E-state index contributed by atoms with van der Waals surface area (Å²) in [4.78, 5) is 40.3. The Balaban J connectivity index is 1.64. The third-order valence-electron chi connectivity index (χ3n) is 5.73. The Hall–Kier alpha value is -2.31. The third kappa shape index (κ3) is 2.92. The van der Waals surface area contributed by atoms with Crippen molar-refractivity contribution >= 4 is 17.8 Å². The number of carbonyl (C=O) groups excluding carboxylic acids is 3. The number of carbonyl (C=O) groups is 3. The van der Waals surface area contributed by atoms with Gasteiger partial charge in [-0.05, 0) is 31.9 Å². The van der Waals surface area contributed by atoms with Crippen molar-refractivity contribution in [3.63, 3.8) is 0 Å². The molecule has 7 nitrogen and oxygen atoms in total. The maximum atomic E-state index is 12.8. The summed E-state index contributed by atoms with van der Waals surface area (Å²) < 4.78 is 2.00. The van der Waals surface area contributed by atoms with Gasteiger partial charge in [0.05, 0.1) is 6.54 Å². The zero-order chi connectivity index (χ0) is 18.2. The van der Waals surface area contributed by atoms with Crippen molar-refractivity contribution in [2.75, 3.05) is 13.6 Å². The molecule has 1 N–H and O–H groups in total. The maximum absolute atomic E-state index is 12.8. The van der Waals surface area contributed by atoms with Gasteiger partial charge < -0.3 is 14.8 Å². The van der Waals surface area contributed by atoms with Crippen LogP contribution in [0, 0.1) is 6.92 Å². The Morgan fingerprint density at radius 3 is 2.44 bits per heavy atom. The fourth-order valence-electron chi connectivity index (χ4n) is 3.90. The van der Waals surface area contributed by atoms with Crippen LogP contribution in [0.2, 0.25) is 0 Å². The number of aromatic nitrogens is 1. The fourth-order valence-corrected chi connectivity index (χ4v) is 3.90. The molecule has 4 amide bonds. The highest BCUT2D eigenvalue weighted by molar-refractivity contribution is 6.08. The van der Waals surface area contributed by atoms with Crippen molar-refractivity contribution in [1.82, 2.24) is 19.7 Å². The van der Waals surface area contributed by atoms with Crippen LogP contribution in [-0.2, 0) is 23.2 Å². The molecule has 1 aliphatic carbocycles. The van der Waals surface area contributed by atoms with Gasteiger partial charge in [-0.25, -0.2) is 4.79 Å². The molecule has 1 saturated heterocycles. The van der Waals surface area contributed by atoms with Crippen LogP contribution in [0.15, 0.2) is 12.1 Å². The summed E-state index contributed by atoms with van der Waals surface area (Å²) in [7, 11) is 3.61. The number of nitrogens with zero attached hydrogens (tertiary/aromatic N) is 3. The Morgan fingerprint density at radius 2 is 1.84 bits per heavy atom. The Morgan fingerprint density at radius 1 is 1.16 bits per heavy atom. The monoisotopic (exact) mass is 346 g/mol. The normalized spacial score (nSPS) is 19.8. The summed E-state index contributed by atoms with van der Waals surface area (Å²) in [5.41, 5.74) is 1.35. The molecule has 0 aromatic carbocycles. The SMILES string of the molecule is Cc1ccc(CNC(=O)CN2C(=O)N(C)C3(CCCCC3)C2=O)n1C. The van der Waals surface area contributed by atoms with Gasteiger partial charge in [-0.1, -0.05) is 19.3 Å². The quantitative estimate of drug-likeness (QED) is 0.841. The van der Waals surface area contributed by atoms with Crippen LogP contribution in [0.5, 0.6) is 0 Å². The van der Waals surface area contributed by atoms with E-state index in [0.29, 0.717) is 19.4 Å². The minimum atomic E-state index is -0.731. The summed E-state index contributed by atoms with van der Waals surface area (Å²) in [6.07, 6.45) is 4.35. The molecule has 0 radical (unpaired) electrons. The molecule has 1 aromatic rings. The van der Waals surface area contributed by atoms with Crippen LogP contribution >= 0.6 is 0 Å². The van der Waals surface area contributed by atoms with Crippen LogP contribution in [0.3, 0.4) is 0 Å². The van der Waals surface area contributed by atoms with E-state index in [1.807, 2.05) is 30.7 Å². The van der Waals surface area contributed by atoms with Crippen molar-refractivity contribution in [2.45, 2.75) is 51.1 Å². The van der Waals surface area contributed by atoms with Crippen LogP contribution in [0.1, 0.15) is 43.5 Å². The van der Waals surface area contributed by atoms with Crippen molar-refractivity contribution < 1.29 is 14.4 Å². The van der Waals surface area contributed by atoms with Gasteiger partial charge in [-0.3, -0.25) is 14.5 Å². The second-order valence-corrected chi connectivity index (χ2v) is 7.13. The summed E-state index contributed by atoms with van der Waals surface area (Å²) in [5.74, 6) is -0.536. The van der Waals surface area contributed by atoms with Gasteiger partial charge in [0.2, 0.25) is 5.91 Å². The first-order valence-corrected chi connectivity index (χ1v) is 8.84. The van der Waals surface area contributed by atoms with Crippen LogP contribution in [0.4, 0.5) is 4.79 Å². The van der Waals surface area contributed by atoms with E-state index in [1.54, 1.807) is 11.9 Å².